The largest absolute Gasteiger partial charge is 0.497 e. The lowest BCUT2D eigenvalue weighted by Crippen LogP contribution is -2.43. The van der Waals surface area contributed by atoms with Crippen molar-refractivity contribution < 1.29 is 19.4 Å². The molecule has 22 heavy (non-hydrogen) atoms. The normalized spacial score (nSPS) is 13.7. The Morgan fingerprint density at radius 2 is 1.82 bits per heavy atom. The molecule has 0 aliphatic carbocycles. The van der Waals surface area contributed by atoms with Crippen LogP contribution in [0.15, 0.2) is 29.4 Å². The molecule has 0 radical (unpaired) electrons. The van der Waals surface area contributed by atoms with E-state index in [2.05, 4.69) is 10.0 Å². The average molecular weight is 305 g/mol. The standard InChI is InChI=1S/C15H19N3O4/c1-15(2,3)14(21)13(20)11(17-18-16)12(19)9-5-7-10(22-4)8-6-9/h5-8,11,13,20H,1-4H3/t11-,13+/m0/s1. The van der Waals surface area contributed by atoms with E-state index in [1.165, 1.54) is 19.2 Å². The molecule has 0 saturated carbocycles. The molecular formula is C15H19N3O4. The van der Waals surface area contributed by atoms with Gasteiger partial charge in [0.25, 0.3) is 0 Å². The number of aliphatic hydroxyl groups is 1. The number of ether oxygens (including phenoxy) is 1. The summed E-state index contributed by atoms with van der Waals surface area (Å²) in [6, 6.07) is 4.60. The summed E-state index contributed by atoms with van der Waals surface area (Å²) < 4.78 is 4.99. The number of azide groups is 1. The molecule has 0 bridgehead atoms. The maximum Gasteiger partial charge on any atom is 0.174 e. The Balaban J connectivity index is 3.11. The second kappa shape index (κ2) is 7.06. The Kier molecular flexibility index (Phi) is 5.68. The Hall–Kier alpha value is -2.37. The van der Waals surface area contributed by atoms with Crippen molar-refractivity contribution in [2.45, 2.75) is 32.9 Å². The first kappa shape index (κ1) is 17.7. The van der Waals surface area contributed by atoms with Gasteiger partial charge in [0.15, 0.2) is 11.6 Å². The second-order valence-corrected chi connectivity index (χ2v) is 5.80. The van der Waals surface area contributed by atoms with Gasteiger partial charge in [-0.05, 0) is 29.8 Å². The van der Waals surface area contributed by atoms with E-state index in [0.29, 0.717) is 5.75 Å². The highest BCUT2D eigenvalue weighted by atomic mass is 16.5. The Bertz CT molecular complexity index is 598. The van der Waals surface area contributed by atoms with Crippen LogP contribution in [0.4, 0.5) is 0 Å². The lowest BCUT2D eigenvalue weighted by molar-refractivity contribution is -0.135. The number of carbonyl (C=O) groups is 2. The number of Topliss-reactive ketones (excluding diaryl/α,β-unsaturated/α-hetero) is 2. The first-order chi connectivity index (χ1) is 10.2. The molecule has 1 rings (SSSR count). The summed E-state index contributed by atoms with van der Waals surface area (Å²) in [7, 11) is 1.49. The van der Waals surface area contributed by atoms with Crippen LogP contribution in [-0.2, 0) is 4.79 Å². The zero-order chi connectivity index (χ0) is 16.9. The minimum atomic E-state index is -1.69. The number of carbonyl (C=O) groups excluding carboxylic acids is 2. The monoisotopic (exact) mass is 305 g/mol. The quantitative estimate of drug-likeness (QED) is 0.376. The van der Waals surface area contributed by atoms with Crippen molar-refractivity contribution in [3.8, 4) is 5.75 Å². The van der Waals surface area contributed by atoms with Gasteiger partial charge in [0.05, 0.1) is 7.11 Å². The van der Waals surface area contributed by atoms with Gasteiger partial charge in [-0.25, -0.2) is 0 Å². The number of methoxy groups -OCH3 is 1. The molecule has 7 nitrogen and oxygen atoms in total. The topological polar surface area (TPSA) is 112 Å². The smallest absolute Gasteiger partial charge is 0.174 e. The van der Waals surface area contributed by atoms with Crippen molar-refractivity contribution in [3.63, 3.8) is 0 Å². The van der Waals surface area contributed by atoms with Crippen molar-refractivity contribution in [3.05, 3.63) is 40.3 Å². The third-order valence-corrected chi connectivity index (χ3v) is 3.13. The van der Waals surface area contributed by atoms with Gasteiger partial charge in [-0.2, -0.15) is 0 Å². The summed E-state index contributed by atoms with van der Waals surface area (Å²) in [4.78, 5) is 27.1. The fourth-order valence-corrected chi connectivity index (χ4v) is 1.83. The molecule has 1 N–H and O–H groups in total. The van der Waals surface area contributed by atoms with Gasteiger partial charge in [0, 0.05) is 15.9 Å². The van der Waals surface area contributed by atoms with Crippen LogP contribution in [0, 0.1) is 5.41 Å². The summed E-state index contributed by atoms with van der Waals surface area (Å²) in [5.74, 6) is -0.625. The van der Waals surface area contributed by atoms with E-state index in [9.17, 15) is 14.7 Å². The van der Waals surface area contributed by atoms with E-state index < -0.39 is 29.1 Å². The van der Waals surface area contributed by atoms with Crippen LogP contribution >= 0.6 is 0 Å². The van der Waals surface area contributed by atoms with Gasteiger partial charge < -0.3 is 9.84 Å². The molecule has 2 atom stereocenters. The summed E-state index contributed by atoms with van der Waals surface area (Å²) in [6.07, 6.45) is -1.69. The van der Waals surface area contributed by atoms with E-state index in [1.807, 2.05) is 0 Å². The van der Waals surface area contributed by atoms with E-state index in [1.54, 1.807) is 32.9 Å². The number of hydrogen-bond donors (Lipinski definition) is 1. The summed E-state index contributed by atoms with van der Waals surface area (Å²) in [6.45, 7) is 4.84. The SMILES string of the molecule is COc1ccc(C(=O)[C@H](N=[N+]=[N-])[C@@H](O)C(=O)C(C)(C)C)cc1. The molecule has 1 aromatic rings. The van der Waals surface area contributed by atoms with Gasteiger partial charge in [-0.3, -0.25) is 9.59 Å². The molecule has 0 heterocycles. The first-order valence-corrected chi connectivity index (χ1v) is 6.67. The van der Waals surface area contributed by atoms with Gasteiger partial charge in [0.2, 0.25) is 0 Å². The molecule has 0 aliphatic heterocycles. The zero-order valence-corrected chi connectivity index (χ0v) is 13.0. The number of nitrogens with zero attached hydrogens (tertiary/aromatic N) is 3. The maximum atomic E-state index is 12.4. The number of ketones is 2. The highest BCUT2D eigenvalue weighted by Gasteiger charge is 2.37. The predicted octanol–water partition coefficient (Wildman–Crippen LogP) is 2.53. The Morgan fingerprint density at radius 1 is 1.27 bits per heavy atom. The van der Waals surface area contributed by atoms with Crippen molar-refractivity contribution in [1.29, 1.82) is 0 Å². The number of benzene rings is 1. The molecule has 0 saturated heterocycles. The lowest BCUT2D eigenvalue weighted by atomic mass is 9.84. The van der Waals surface area contributed by atoms with E-state index in [4.69, 9.17) is 10.3 Å². The summed E-state index contributed by atoms with van der Waals surface area (Å²) >= 11 is 0. The fourth-order valence-electron chi connectivity index (χ4n) is 1.83. The molecule has 0 fully saturated rings. The first-order valence-electron chi connectivity index (χ1n) is 6.67. The average Bonchev–Trinajstić information content (AvgIpc) is 2.49. The summed E-state index contributed by atoms with van der Waals surface area (Å²) in [5.41, 5.74) is 7.97. The van der Waals surface area contributed by atoms with E-state index >= 15 is 0 Å². The van der Waals surface area contributed by atoms with Gasteiger partial charge in [0.1, 0.15) is 17.9 Å². The Morgan fingerprint density at radius 3 is 2.23 bits per heavy atom. The predicted molar refractivity (Wildman–Crippen MR) is 80.7 cm³/mol. The van der Waals surface area contributed by atoms with Crippen LogP contribution in [-0.4, -0.2) is 35.9 Å². The van der Waals surface area contributed by atoms with Crippen molar-refractivity contribution in [2.24, 2.45) is 10.5 Å². The van der Waals surface area contributed by atoms with Crippen molar-refractivity contribution >= 4 is 11.6 Å². The molecule has 0 aliphatic rings. The highest BCUT2D eigenvalue weighted by molar-refractivity contribution is 6.04. The number of hydrogen-bond acceptors (Lipinski definition) is 5. The van der Waals surface area contributed by atoms with Gasteiger partial charge in [-0.15, -0.1) is 0 Å². The van der Waals surface area contributed by atoms with Crippen LogP contribution in [0.5, 0.6) is 5.75 Å². The van der Waals surface area contributed by atoms with Crippen LogP contribution in [0.1, 0.15) is 31.1 Å². The molecule has 1 aromatic carbocycles. The minimum Gasteiger partial charge on any atom is -0.497 e. The third-order valence-electron chi connectivity index (χ3n) is 3.13. The molecular weight excluding hydrogens is 286 g/mol. The van der Waals surface area contributed by atoms with Crippen LogP contribution in [0.3, 0.4) is 0 Å². The molecule has 0 unspecified atom stereocenters. The van der Waals surface area contributed by atoms with Crippen molar-refractivity contribution in [1.82, 2.24) is 0 Å². The van der Waals surface area contributed by atoms with Crippen LogP contribution < -0.4 is 4.74 Å². The highest BCUT2D eigenvalue weighted by Crippen LogP contribution is 2.22. The van der Waals surface area contributed by atoms with Gasteiger partial charge >= 0.3 is 0 Å². The fraction of sp³-hybridized carbons (Fsp3) is 0.467. The third kappa shape index (κ3) is 4.07. The van der Waals surface area contributed by atoms with E-state index in [0.717, 1.165) is 0 Å². The maximum absolute atomic E-state index is 12.4. The second-order valence-electron chi connectivity index (χ2n) is 5.80. The minimum absolute atomic E-state index is 0.221. The van der Waals surface area contributed by atoms with Gasteiger partial charge in [-0.1, -0.05) is 25.9 Å². The van der Waals surface area contributed by atoms with Crippen LogP contribution in [0.25, 0.3) is 10.4 Å². The molecule has 7 heteroatoms. The van der Waals surface area contributed by atoms with E-state index in [-0.39, 0.29) is 5.56 Å². The zero-order valence-electron chi connectivity index (χ0n) is 13.0. The number of aliphatic hydroxyl groups excluding tert-OH is 1. The number of rotatable bonds is 6. The molecule has 0 spiro atoms. The molecule has 0 amide bonds. The molecule has 118 valence electrons. The molecule has 0 aromatic heterocycles. The van der Waals surface area contributed by atoms with Crippen LogP contribution in [0.2, 0.25) is 0 Å². The lowest BCUT2D eigenvalue weighted by Gasteiger charge is -2.24. The van der Waals surface area contributed by atoms with Crippen molar-refractivity contribution in [2.75, 3.05) is 7.11 Å². The summed E-state index contributed by atoms with van der Waals surface area (Å²) in [5, 5.41) is 13.4. The Labute approximate surface area is 128 Å².